The Morgan fingerprint density at radius 1 is 1.50 bits per heavy atom. The van der Waals surface area contributed by atoms with Gasteiger partial charge in [0.1, 0.15) is 0 Å². The van der Waals surface area contributed by atoms with Crippen molar-refractivity contribution in [3.05, 3.63) is 23.8 Å². The van der Waals surface area contributed by atoms with E-state index in [1.165, 1.54) is 15.7 Å². The molecule has 2 rings (SSSR count). The Morgan fingerprint density at radius 2 is 2.42 bits per heavy atom. The molecule has 0 fully saturated rings. The van der Waals surface area contributed by atoms with Crippen LogP contribution in [0.5, 0.6) is 0 Å². The van der Waals surface area contributed by atoms with Crippen LogP contribution in [0.15, 0.2) is 18.2 Å². The number of nitrogens with one attached hydrogen (secondary N) is 1. The maximum absolute atomic E-state index is 8.53. The summed E-state index contributed by atoms with van der Waals surface area (Å²) in [6.45, 7) is 1.04. The van der Waals surface area contributed by atoms with Crippen LogP contribution in [0.4, 0.5) is 5.69 Å². The summed E-state index contributed by atoms with van der Waals surface area (Å²) in [5.74, 6) is 0. The molecule has 0 radical (unpaired) electrons. The summed E-state index contributed by atoms with van der Waals surface area (Å²) < 4.78 is 1.19. The predicted octanol–water partition coefficient (Wildman–Crippen LogP) is 0.465. The van der Waals surface area contributed by atoms with Crippen LogP contribution >= 0.6 is 0 Å². The molecule has 0 spiro atoms. The molecule has 0 bridgehead atoms. The van der Waals surface area contributed by atoms with Crippen molar-refractivity contribution in [2.24, 2.45) is 0 Å². The third-order valence-corrected chi connectivity index (χ3v) is 3.17. The molecule has 1 heterocycles. The van der Waals surface area contributed by atoms with Crippen LogP contribution < -0.4 is 9.78 Å². The fourth-order valence-electron chi connectivity index (χ4n) is 1.40. The summed E-state index contributed by atoms with van der Waals surface area (Å²) in [6, 6.07) is 6.27. The summed E-state index contributed by atoms with van der Waals surface area (Å²) in [5.41, 5.74) is 2.61. The van der Waals surface area contributed by atoms with Crippen LogP contribution in [0.2, 0.25) is 0 Å². The molecule has 0 unspecified atom stereocenters. The molecule has 3 heteroatoms. The van der Waals surface area contributed by atoms with Crippen molar-refractivity contribution in [2.45, 2.75) is 6.42 Å². The van der Waals surface area contributed by atoms with E-state index in [-0.39, 0.29) is 15.0 Å². The van der Waals surface area contributed by atoms with Crippen LogP contribution in [0, 0.1) is 10.2 Å². The molecule has 0 amide bonds. The fraction of sp³-hybridized carbons (Fsp3) is 0.222. The van der Waals surface area contributed by atoms with Crippen LogP contribution in [0.25, 0.3) is 0 Å². The SMILES string of the molecule is N#C[Se]c1ccc2c(c1)CCN2. The van der Waals surface area contributed by atoms with E-state index in [4.69, 9.17) is 5.26 Å². The summed E-state index contributed by atoms with van der Waals surface area (Å²) in [4.78, 5) is 2.22. The van der Waals surface area contributed by atoms with Crippen molar-refractivity contribution in [3.63, 3.8) is 0 Å². The minimum atomic E-state index is -0.00236. The standard InChI is InChI=1S/C9H8N2Se/c10-6-12-8-1-2-9-7(5-8)3-4-11-9/h1-2,5,11H,3-4H2. The topological polar surface area (TPSA) is 35.8 Å². The Kier molecular flexibility index (Phi) is 2.03. The molecule has 0 aliphatic carbocycles. The second-order valence-corrected chi connectivity index (χ2v) is 4.49. The Hall–Kier alpha value is -0.971. The molecule has 1 aliphatic rings. The van der Waals surface area contributed by atoms with E-state index in [1.807, 2.05) is 6.07 Å². The zero-order valence-corrected chi connectivity index (χ0v) is 8.21. The number of anilines is 1. The van der Waals surface area contributed by atoms with Crippen molar-refractivity contribution >= 4 is 25.1 Å². The van der Waals surface area contributed by atoms with Gasteiger partial charge in [-0.05, 0) is 0 Å². The molecular formula is C9H8N2Se. The van der Waals surface area contributed by atoms with Gasteiger partial charge in [-0.15, -0.1) is 0 Å². The van der Waals surface area contributed by atoms with Crippen LogP contribution in [0.3, 0.4) is 0 Å². The number of nitriles is 1. The Bertz CT molecular complexity index is 341. The van der Waals surface area contributed by atoms with Gasteiger partial charge in [-0.1, -0.05) is 0 Å². The average molecular weight is 223 g/mol. The molecule has 1 aromatic rings. The van der Waals surface area contributed by atoms with Crippen LogP contribution in [0.1, 0.15) is 5.56 Å². The zero-order valence-electron chi connectivity index (χ0n) is 6.50. The summed E-state index contributed by atoms with van der Waals surface area (Å²) in [6.07, 6.45) is 1.10. The van der Waals surface area contributed by atoms with Gasteiger partial charge in [-0.2, -0.15) is 0 Å². The van der Waals surface area contributed by atoms with Gasteiger partial charge in [0.15, 0.2) is 0 Å². The number of nitrogens with zero attached hydrogens (tertiary/aromatic N) is 1. The van der Waals surface area contributed by atoms with Gasteiger partial charge in [0, 0.05) is 0 Å². The fourth-order valence-corrected chi connectivity index (χ4v) is 2.33. The molecule has 1 aliphatic heterocycles. The van der Waals surface area contributed by atoms with E-state index in [0.717, 1.165) is 13.0 Å². The third kappa shape index (κ3) is 1.32. The maximum atomic E-state index is 8.53. The molecule has 0 atom stereocenters. The minimum absolute atomic E-state index is 0.00236. The van der Waals surface area contributed by atoms with Gasteiger partial charge in [-0.25, -0.2) is 0 Å². The van der Waals surface area contributed by atoms with Gasteiger partial charge in [0.05, 0.1) is 0 Å². The van der Waals surface area contributed by atoms with Crippen molar-refractivity contribution in [1.82, 2.24) is 0 Å². The average Bonchev–Trinajstić information content (AvgIpc) is 2.51. The number of benzene rings is 1. The second kappa shape index (κ2) is 3.18. The number of rotatable bonds is 1. The van der Waals surface area contributed by atoms with Crippen LogP contribution in [-0.4, -0.2) is 21.5 Å². The number of hydrogen-bond donors (Lipinski definition) is 1. The number of hydrogen-bond acceptors (Lipinski definition) is 2. The molecule has 1 N–H and O–H groups in total. The molecule has 0 aromatic heterocycles. The third-order valence-electron chi connectivity index (χ3n) is 1.95. The normalized spacial score (nSPS) is 13.2. The van der Waals surface area contributed by atoms with E-state index in [1.54, 1.807) is 0 Å². The monoisotopic (exact) mass is 224 g/mol. The van der Waals surface area contributed by atoms with E-state index in [2.05, 4.69) is 22.4 Å². The Morgan fingerprint density at radius 3 is 3.25 bits per heavy atom. The number of fused-ring (bicyclic) bond motifs is 1. The van der Waals surface area contributed by atoms with Gasteiger partial charge in [0.25, 0.3) is 0 Å². The summed E-state index contributed by atoms with van der Waals surface area (Å²) >= 11 is -0.00236. The molecule has 60 valence electrons. The first kappa shape index (κ1) is 7.67. The zero-order chi connectivity index (χ0) is 8.39. The van der Waals surface area contributed by atoms with Crippen molar-refractivity contribution in [3.8, 4) is 4.97 Å². The Balaban J connectivity index is 2.34. The predicted molar refractivity (Wildman–Crippen MR) is 49.6 cm³/mol. The van der Waals surface area contributed by atoms with Gasteiger partial charge in [-0.3, -0.25) is 0 Å². The van der Waals surface area contributed by atoms with E-state index in [0.29, 0.717) is 0 Å². The van der Waals surface area contributed by atoms with Crippen molar-refractivity contribution in [1.29, 1.82) is 5.26 Å². The molecule has 1 aromatic carbocycles. The Labute approximate surface area is 77.7 Å². The second-order valence-electron chi connectivity index (χ2n) is 2.69. The first-order chi connectivity index (χ1) is 5.90. The van der Waals surface area contributed by atoms with Crippen LogP contribution in [-0.2, 0) is 6.42 Å². The van der Waals surface area contributed by atoms with Crippen molar-refractivity contribution < 1.29 is 0 Å². The molecule has 0 saturated carbocycles. The van der Waals surface area contributed by atoms with E-state index < -0.39 is 0 Å². The quantitative estimate of drug-likeness (QED) is 0.702. The van der Waals surface area contributed by atoms with E-state index >= 15 is 0 Å². The first-order valence-corrected chi connectivity index (χ1v) is 5.54. The summed E-state index contributed by atoms with van der Waals surface area (Å²) in [5, 5.41) is 11.8. The first-order valence-electron chi connectivity index (χ1n) is 3.83. The summed E-state index contributed by atoms with van der Waals surface area (Å²) in [7, 11) is 0. The molecule has 2 nitrogen and oxygen atoms in total. The van der Waals surface area contributed by atoms with E-state index in [9.17, 15) is 0 Å². The molecule has 12 heavy (non-hydrogen) atoms. The van der Waals surface area contributed by atoms with Gasteiger partial charge >= 0.3 is 77.4 Å². The van der Waals surface area contributed by atoms with Crippen molar-refractivity contribution in [2.75, 3.05) is 11.9 Å². The molecule has 0 saturated heterocycles. The van der Waals surface area contributed by atoms with Gasteiger partial charge in [0.2, 0.25) is 0 Å². The van der Waals surface area contributed by atoms with Gasteiger partial charge < -0.3 is 0 Å². The molecular weight excluding hydrogens is 215 g/mol.